The Kier molecular flexibility index (Phi) is 16.6. The lowest BCUT2D eigenvalue weighted by molar-refractivity contribution is 0.0601. The highest BCUT2D eigenvalue weighted by Crippen LogP contribution is 2.33. The summed E-state index contributed by atoms with van der Waals surface area (Å²) in [5.41, 5.74) is 9.46. The monoisotopic (exact) mass is 934 g/mol. The van der Waals surface area contributed by atoms with Gasteiger partial charge >= 0.3 is 5.97 Å². The number of hydrogen-bond donors (Lipinski definition) is 1. The van der Waals surface area contributed by atoms with Crippen LogP contribution in [0.25, 0.3) is 55.7 Å². The maximum absolute atomic E-state index is 12.6. The van der Waals surface area contributed by atoms with E-state index in [9.17, 15) is 9.90 Å². The Hall–Kier alpha value is -7.29. The van der Waals surface area contributed by atoms with E-state index in [1.165, 1.54) is 20.0 Å². The van der Waals surface area contributed by atoms with Gasteiger partial charge in [-0.2, -0.15) is 0 Å². The summed E-state index contributed by atoms with van der Waals surface area (Å²) in [7, 11) is 1.37. The Morgan fingerprint density at radius 1 is 0.551 bits per heavy atom. The molecule has 3 heterocycles. The van der Waals surface area contributed by atoms with Gasteiger partial charge in [-0.1, -0.05) is 34.7 Å². The number of hydrogen-bond acceptors (Lipinski definition) is 12. The first kappa shape index (κ1) is 49.6. The van der Waals surface area contributed by atoms with E-state index in [0.29, 0.717) is 11.1 Å². The topological polar surface area (TPSA) is 154 Å². The number of methoxy groups -OCH3 is 1. The smallest absolute Gasteiger partial charge is 0.338 e. The second-order valence-electron chi connectivity index (χ2n) is 17.6. The molecule has 0 bridgehead atoms. The second kappa shape index (κ2) is 23.1. The molecule has 1 aliphatic rings. The predicted molar refractivity (Wildman–Crippen MR) is 269 cm³/mol. The van der Waals surface area contributed by atoms with E-state index >= 15 is 0 Å². The first-order valence-corrected chi connectivity index (χ1v) is 23.4. The van der Waals surface area contributed by atoms with Gasteiger partial charge in [0.05, 0.1) is 66.1 Å². The van der Waals surface area contributed by atoms with Gasteiger partial charge in [0.25, 0.3) is 0 Å². The summed E-state index contributed by atoms with van der Waals surface area (Å²) >= 11 is 0. The van der Waals surface area contributed by atoms with Gasteiger partial charge in [0.2, 0.25) is 0 Å². The zero-order chi connectivity index (χ0) is 49.0. The Labute approximate surface area is 403 Å². The lowest BCUT2D eigenvalue weighted by atomic mass is 9.98. The number of carbonyl (C=O) groups excluding carboxylic acids is 1. The van der Waals surface area contributed by atoms with Crippen molar-refractivity contribution in [1.82, 2.24) is 30.0 Å². The zero-order valence-electron chi connectivity index (χ0n) is 40.9. The number of aliphatic hydroxyl groups is 1. The molecule has 2 aromatic heterocycles. The van der Waals surface area contributed by atoms with E-state index in [4.69, 9.17) is 28.4 Å². The summed E-state index contributed by atoms with van der Waals surface area (Å²) in [5.74, 6) is 2.76. The number of ether oxygens (including phenoxy) is 6. The highest BCUT2D eigenvalue weighted by Gasteiger charge is 2.19. The van der Waals surface area contributed by atoms with Crippen molar-refractivity contribution in [3.63, 3.8) is 0 Å². The fraction of sp³-hybridized carbons (Fsp3) is 0.327. The van der Waals surface area contributed by atoms with Crippen LogP contribution >= 0.6 is 0 Å². The second-order valence-corrected chi connectivity index (χ2v) is 17.6. The van der Waals surface area contributed by atoms with Gasteiger partial charge < -0.3 is 33.5 Å². The van der Waals surface area contributed by atoms with Gasteiger partial charge in [0.1, 0.15) is 34.0 Å². The van der Waals surface area contributed by atoms with Crippen LogP contribution in [-0.2, 0) is 16.1 Å². The number of fused-ring (bicyclic) bond motifs is 2. The molecule has 0 radical (unpaired) electrons. The molecule has 0 spiro atoms. The third-order valence-corrected chi connectivity index (χ3v) is 10.6. The molecule has 0 saturated carbocycles. The zero-order valence-corrected chi connectivity index (χ0v) is 40.9. The Balaban J connectivity index is 0.000000185. The van der Waals surface area contributed by atoms with Crippen molar-refractivity contribution in [2.75, 3.05) is 20.3 Å². The number of carbonyl (C=O) groups is 1. The first-order valence-electron chi connectivity index (χ1n) is 23.4. The molecule has 14 heteroatoms. The minimum Gasteiger partial charge on any atom is -0.491 e. The summed E-state index contributed by atoms with van der Waals surface area (Å²) in [4.78, 5) is 12.6. The molecule has 0 unspecified atom stereocenters. The molecule has 9 rings (SSSR count). The van der Waals surface area contributed by atoms with E-state index < -0.39 is 5.97 Å². The number of aliphatic hydroxyl groups excluding tert-OH is 1. The van der Waals surface area contributed by atoms with Gasteiger partial charge in [-0.15, -0.1) is 10.2 Å². The van der Waals surface area contributed by atoms with Crippen LogP contribution in [0.4, 0.5) is 0 Å². The lowest BCUT2D eigenvalue weighted by Gasteiger charge is -2.13. The summed E-state index contributed by atoms with van der Waals surface area (Å²) in [5, 5.41) is 27.2. The molecule has 1 N–H and O–H groups in total. The van der Waals surface area contributed by atoms with Crippen molar-refractivity contribution in [3.05, 3.63) is 132 Å². The summed E-state index contributed by atoms with van der Waals surface area (Å²) in [6.45, 7) is 17.9. The number of aromatic nitrogens is 6. The molecule has 6 aromatic carbocycles. The van der Waals surface area contributed by atoms with Crippen LogP contribution in [0.5, 0.6) is 23.0 Å². The molecule has 1 saturated heterocycles. The third kappa shape index (κ3) is 12.8. The largest absolute Gasteiger partial charge is 0.491 e. The molecule has 360 valence electrons. The highest BCUT2D eigenvalue weighted by molar-refractivity contribution is 6.02. The van der Waals surface area contributed by atoms with Crippen LogP contribution in [-0.4, -0.2) is 85.8 Å². The van der Waals surface area contributed by atoms with Crippen molar-refractivity contribution in [2.45, 2.75) is 99.3 Å². The van der Waals surface area contributed by atoms with Crippen molar-refractivity contribution >= 4 is 28.0 Å². The van der Waals surface area contributed by atoms with Crippen LogP contribution in [0.15, 0.2) is 121 Å². The van der Waals surface area contributed by atoms with Gasteiger partial charge in [-0.05, 0) is 193 Å². The number of rotatable bonds is 14. The van der Waals surface area contributed by atoms with Crippen molar-refractivity contribution in [3.8, 4) is 56.6 Å². The summed E-state index contributed by atoms with van der Waals surface area (Å²) < 4.78 is 36.5. The first-order chi connectivity index (χ1) is 33.3. The summed E-state index contributed by atoms with van der Waals surface area (Å²) in [6.07, 6.45) is 2.97. The molecule has 69 heavy (non-hydrogen) atoms. The number of benzene rings is 6. The fourth-order valence-corrected chi connectivity index (χ4v) is 7.63. The molecular formula is C55H62N6O8. The molecule has 1 aliphatic heterocycles. The van der Waals surface area contributed by atoms with Crippen LogP contribution < -0.4 is 18.9 Å². The Morgan fingerprint density at radius 2 is 0.928 bits per heavy atom. The van der Waals surface area contributed by atoms with Crippen LogP contribution in [0.2, 0.25) is 0 Å². The van der Waals surface area contributed by atoms with Gasteiger partial charge in [0, 0.05) is 13.2 Å². The standard InChI is InChI=1S/C26H27N3O4.C25H27N3O3.C4H8O/c1-16(2)32-20-10-6-18(7-11-20)22-15-25-24(14-23(22)26(30)31-5)27-28-29(25)19-8-12-21(13-9-19)33-17(3)4;1-16(2)30-21-9-5-18(6-10-21)23-14-25-24(13-19(23)15-29)26-27-28(25)20-7-11-22(12-8-20)31-17(3)4;1-2-4-5-3-1/h6-17H,1-5H3;5-14,16-17,29H,15H2,1-4H3;1-4H2. The van der Waals surface area contributed by atoms with Crippen LogP contribution in [0.3, 0.4) is 0 Å². The molecule has 1 fully saturated rings. The highest BCUT2D eigenvalue weighted by atomic mass is 16.5. The van der Waals surface area contributed by atoms with Crippen molar-refractivity contribution < 1.29 is 38.3 Å². The molecule has 14 nitrogen and oxygen atoms in total. The van der Waals surface area contributed by atoms with Gasteiger partial charge in [-0.25, -0.2) is 14.2 Å². The van der Waals surface area contributed by atoms with Crippen molar-refractivity contribution in [1.29, 1.82) is 0 Å². The molecule has 0 atom stereocenters. The van der Waals surface area contributed by atoms with E-state index in [2.05, 4.69) is 20.6 Å². The normalized spacial score (nSPS) is 12.3. The Bertz CT molecular complexity index is 2900. The summed E-state index contributed by atoms with van der Waals surface area (Å²) in [6, 6.07) is 38.5. The van der Waals surface area contributed by atoms with E-state index in [1.807, 2.05) is 171 Å². The molecular weight excluding hydrogens is 873 g/mol. The predicted octanol–water partition coefficient (Wildman–Crippen LogP) is 11.4. The molecule has 0 aliphatic carbocycles. The van der Waals surface area contributed by atoms with Gasteiger partial charge in [-0.3, -0.25) is 0 Å². The quantitative estimate of drug-likeness (QED) is 0.103. The average molecular weight is 935 g/mol. The van der Waals surface area contributed by atoms with E-state index in [1.54, 1.807) is 15.4 Å². The van der Waals surface area contributed by atoms with E-state index in [0.717, 1.165) is 92.0 Å². The Morgan fingerprint density at radius 3 is 1.29 bits per heavy atom. The number of esters is 1. The van der Waals surface area contributed by atoms with Gasteiger partial charge in [0.15, 0.2) is 0 Å². The van der Waals surface area contributed by atoms with Crippen LogP contribution in [0, 0.1) is 0 Å². The average Bonchev–Trinajstić information content (AvgIpc) is 4.14. The van der Waals surface area contributed by atoms with Crippen LogP contribution in [0.1, 0.15) is 84.2 Å². The maximum Gasteiger partial charge on any atom is 0.338 e. The molecule has 8 aromatic rings. The van der Waals surface area contributed by atoms with E-state index in [-0.39, 0.29) is 31.0 Å². The third-order valence-electron chi connectivity index (χ3n) is 10.6. The minimum absolute atomic E-state index is 0.0792. The fourth-order valence-electron chi connectivity index (χ4n) is 7.63. The lowest BCUT2D eigenvalue weighted by Crippen LogP contribution is -2.06. The number of nitrogens with zero attached hydrogens (tertiary/aromatic N) is 6. The minimum atomic E-state index is -0.431. The molecule has 0 amide bonds. The SMILES string of the molecule is C1CCOC1.CC(C)Oc1ccc(-c2cc3c(cc2CO)nnn3-c2ccc(OC(C)C)cc2)cc1.COC(=O)c1cc2nnn(-c3ccc(OC(C)C)cc3)c2cc1-c1ccc(OC(C)C)cc1. The van der Waals surface area contributed by atoms with Crippen molar-refractivity contribution in [2.24, 2.45) is 0 Å². The maximum atomic E-state index is 12.6.